The number of aliphatic hydroxyl groups excluding tert-OH is 1. The van der Waals surface area contributed by atoms with Gasteiger partial charge in [0, 0.05) is 0 Å². The summed E-state index contributed by atoms with van der Waals surface area (Å²) >= 11 is 0. The Morgan fingerprint density at radius 3 is 2.50 bits per heavy atom. The highest BCUT2D eigenvalue weighted by atomic mass is 16.5. The molecule has 1 aliphatic carbocycles. The van der Waals surface area contributed by atoms with Crippen molar-refractivity contribution in [3.8, 4) is 0 Å². The molecule has 0 unspecified atom stereocenters. The minimum atomic E-state index is -0.280. The zero-order valence-corrected chi connectivity index (χ0v) is 11.0. The summed E-state index contributed by atoms with van der Waals surface area (Å²) in [4.78, 5) is 11.5. The molecule has 0 bridgehead atoms. The van der Waals surface area contributed by atoms with E-state index in [0.29, 0.717) is 11.5 Å². The molecule has 1 aliphatic rings. The predicted octanol–water partition coefficient (Wildman–Crippen LogP) is 2.80. The molecular formula is C15H20O3. The third kappa shape index (κ3) is 2.72. The fraction of sp³-hybridized carbons (Fsp3) is 0.533. The number of carbonyl (C=O) groups is 1. The first-order valence-electron chi connectivity index (χ1n) is 6.48. The Morgan fingerprint density at radius 2 is 1.94 bits per heavy atom. The number of methoxy groups -OCH3 is 1. The maximum absolute atomic E-state index is 11.5. The number of aliphatic hydroxyl groups is 1. The normalized spacial score (nSPS) is 23.7. The quantitative estimate of drug-likeness (QED) is 0.819. The van der Waals surface area contributed by atoms with E-state index in [-0.39, 0.29) is 12.1 Å². The minimum Gasteiger partial charge on any atom is -0.465 e. The first-order chi connectivity index (χ1) is 8.61. The van der Waals surface area contributed by atoms with E-state index in [1.54, 1.807) is 0 Å². The Balaban J connectivity index is 2.16. The van der Waals surface area contributed by atoms with Crippen molar-refractivity contribution in [2.75, 3.05) is 7.11 Å². The molecule has 18 heavy (non-hydrogen) atoms. The average Bonchev–Trinajstić information content (AvgIpc) is 2.38. The molecule has 0 saturated heterocycles. The van der Waals surface area contributed by atoms with E-state index in [0.717, 1.165) is 31.2 Å². The van der Waals surface area contributed by atoms with Crippen LogP contribution in [-0.2, 0) is 4.74 Å². The number of esters is 1. The second-order valence-corrected chi connectivity index (χ2v) is 5.07. The fourth-order valence-corrected chi connectivity index (χ4v) is 2.69. The zero-order valence-electron chi connectivity index (χ0n) is 11.0. The van der Waals surface area contributed by atoms with Crippen LogP contribution < -0.4 is 0 Å². The molecule has 3 nitrogen and oxygen atoms in total. The standard InChI is InChI=1S/C15H20O3/c1-10-9-12(5-8-14(10)15(17)18-2)11-3-6-13(16)7-4-11/h5,8-9,11,13,16H,3-4,6-7H2,1-2H3. The van der Waals surface area contributed by atoms with Gasteiger partial charge in [0.15, 0.2) is 0 Å². The highest BCUT2D eigenvalue weighted by Gasteiger charge is 2.21. The van der Waals surface area contributed by atoms with Gasteiger partial charge in [0.2, 0.25) is 0 Å². The van der Waals surface area contributed by atoms with E-state index >= 15 is 0 Å². The number of ether oxygens (including phenoxy) is 1. The van der Waals surface area contributed by atoms with Gasteiger partial charge in [-0.1, -0.05) is 12.1 Å². The van der Waals surface area contributed by atoms with Crippen LogP contribution in [-0.4, -0.2) is 24.3 Å². The molecule has 0 radical (unpaired) electrons. The van der Waals surface area contributed by atoms with Crippen molar-refractivity contribution < 1.29 is 14.6 Å². The van der Waals surface area contributed by atoms with Crippen LogP contribution in [0.25, 0.3) is 0 Å². The van der Waals surface area contributed by atoms with Crippen molar-refractivity contribution in [2.45, 2.75) is 44.6 Å². The zero-order chi connectivity index (χ0) is 13.1. The molecule has 0 atom stereocenters. The first-order valence-corrected chi connectivity index (χ1v) is 6.48. The predicted molar refractivity (Wildman–Crippen MR) is 69.7 cm³/mol. The summed E-state index contributed by atoms with van der Waals surface area (Å²) in [5.74, 6) is 0.233. The van der Waals surface area contributed by atoms with E-state index in [1.165, 1.54) is 12.7 Å². The monoisotopic (exact) mass is 248 g/mol. The van der Waals surface area contributed by atoms with Crippen molar-refractivity contribution in [3.05, 3.63) is 34.9 Å². The van der Waals surface area contributed by atoms with Crippen molar-refractivity contribution >= 4 is 5.97 Å². The molecule has 3 heteroatoms. The Kier molecular flexibility index (Phi) is 4.02. The van der Waals surface area contributed by atoms with Gasteiger partial charge >= 0.3 is 5.97 Å². The molecule has 1 saturated carbocycles. The van der Waals surface area contributed by atoms with Crippen LogP contribution in [0.4, 0.5) is 0 Å². The summed E-state index contributed by atoms with van der Waals surface area (Å²) in [6.45, 7) is 1.94. The minimum absolute atomic E-state index is 0.128. The highest BCUT2D eigenvalue weighted by Crippen LogP contribution is 2.33. The average molecular weight is 248 g/mol. The first kappa shape index (κ1) is 13.1. The van der Waals surface area contributed by atoms with Crippen molar-refractivity contribution in [3.63, 3.8) is 0 Å². The van der Waals surface area contributed by atoms with Crippen LogP contribution in [0.1, 0.15) is 53.1 Å². The molecule has 98 valence electrons. The van der Waals surface area contributed by atoms with Gasteiger partial charge in [-0.05, 0) is 55.7 Å². The Hall–Kier alpha value is -1.35. The molecule has 1 N–H and O–H groups in total. The van der Waals surface area contributed by atoms with Crippen molar-refractivity contribution in [1.82, 2.24) is 0 Å². The van der Waals surface area contributed by atoms with Gasteiger partial charge in [-0.3, -0.25) is 0 Å². The molecule has 0 amide bonds. The number of rotatable bonds is 2. The van der Waals surface area contributed by atoms with Crippen LogP contribution in [0.2, 0.25) is 0 Å². The Labute approximate surface area is 108 Å². The van der Waals surface area contributed by atoms with Gasteiger partial charge in [-0.15, -0.1) is 0 Å². The summed E-state index contributed by atoms with van der Waals surface area (Å²) in [5, 5.41) is 9.52. The summed E-state index contributed by atoms with van der Waals surface area (Å²) in [5.41, 5.74) is 2.87. The Morgan fingerprint density at radius 1 is 1.28 bits per heavy atom. The van der Waals surface area contributed by atoms with Gasteiger partial charge in [0.1, 0.15) is 0 Å². The number of carbonyl (C=O) groups excluding carboxylic acids is 1. The highest BCUT2D eigenvalue weighted by molar-refractivity contribution is 5.91. The smallest absolute Gasteiger partial charge is 0.338 e. The largest absolute Gasteiger partial charge is 0.465 e. The lowest BCUT2D eigenvalue weighted by Crippen LogP contribution is -2.17. The molecule has 1 fully saturated rings. The molecule has 1 aromatic rings. The van der Waals surface area contributed by atoms with Gasteiger partial charge in [-0.2, -0.15) is 0 Å². The lowest BCUT2D eigenvalue weighted by Gasteiger charge is -2.26. The lowest BCUT2D eigenvalue weighted by molar-refractivity contribution is 0.0600. The molecule has 2 rings (SSSR count). The third-order valence-corrected chi connectivity index (χ3v) is 3.82. The molecule has 0 heterocycles. The van der Waals surface area contributed by atoms with Gasteiger partial charge in [-0.25, -0.2) is 4.79 Å². The van der Waals surface area contributed by atoms with Crippen LogP contribution in [0.3, 0.4) is 0 Å². The maximum Gasteiger partial charge on any atom is 0.338 e. The number of hydrogen-bond donors (Lipinski definition) is 1. The second-order valence-electron chi connectivity index (χ2n) is 5.07. The van der Waals surface area contributed by atoms with Crippen LogP contribution in [0, 0.1) is 6.92 Å². The van der Waals surface area contributed by atoms with E-state index < -0.39 is 0 Å². The lowest BCUT2D eigenvalue weighted by atomic mass is 9.82. The number of hydrogen-bond acceptors (Lipinski definition) is 3. The SMILES string of the molecule is COC(=O)c1ccc(C2CCC(O)CC2)cc1C. The van der Waals surface area contributed by atoms with Gasteiger partial charge in [0.25, 0.3) is 0 Å². The van der Waals surface area contributed by atoms with Crippen LogP contribution in [0.15, 0.2) is 18.2 Å². The third-order valence-electron chi connectivity index (χ3n) is 3.82. The second kappa shape index (κ2) is 5.53. The number of benzene rings is 1. The van der Waals surface area contributed by atoms with Crippen LogP contribution in [0.5, 0.6) is 0 Å². The summed E-state index contributed by atoms with van der Waals surface area (Å²) in [6.07, 6.45) is 3.68. The van der Waals surface area contributed by atoms with Gasteiger partial charge in [0.05, 0.1) is 18.8 Å². The van der Waals surface area contributed by atoms with Crippen molar-refractivity contribution in [2.24, 2.45) is 0 Å². The molecule has 0 aromatic heterocycles. The maximum atomic E-state index is 11.5. The van der Waals surface area contributed by atoms with E-state index in [1.807, 2.05) is 19.1 Å². The van der Waals surface area contributed by atoms with E-state index in [2.05, 4.69) is 6.07 Å². The molecule has 0 spiro atoms. The van der Waals surface area contributed by atoms with E-state index in [4.69, 9.17) is 4.74 Å². The summed E-state index contributed by atoms with van der Waals surface area (Å²) in [6, 6.07) is 5.94. The number of aryl methyl sites for hydroxylation is 1. The Bertz CT molecular complexity index is 431. The molecule has 1 aromatic carbocycles. The van der Waals surface area contributed by atoms with Crippen molar-refractivity contribution in [1.29, 1.82) is 0 Å². The summed E-state index contributed by atoms with van der Waals surface area (Å²) in [7, 11) is 1.40. The van der Waals surface area contributed by atoms with Gasteiger partial charge < -0.3 is 9.84 Å². The topological polar surface area (TPSA) is 46.5 Å². The van der Waals surface area contributed by atoms with Crippen LogP contribution >= 0.6 is 0 Å². The van der Waals surface area contributed by atoms with E-state index in [9.17, 15) is 9.90 Å². The molecular weight excluding hydrogens is 228 g/mol. The molecule has 0 aliphatic heterocycles. The fourth-order valence-electron chi connectivity index (χ4n) is 2.69. The summed E-state index contributed by atoms with van der Waals surface area (Å²) < 4.78 is 4.74.